The molecule has 2 atom stereocenters. The molecule has 0 spiro atoms. The lowest BCUT2D eigenvalue weighted by molar-refractivity contribution is -0.149. The normalized spacial score (nSPS) is 25.9. The first-order valence-corrected chi connectivity index (χ1v) is 7.26. The monoisotopic (exact) mass is 289 g/mol. The van der Waals surface area contributed by atoms with Crippen molar-refractivity contribution in [3.63, 3.8) is 0 Å². The van der Waals surface area contributed by atoms with E-state index in [4.69, 9.17) is 24.7 Å². The standard InChI is InChI=1S/C14H27NO5/c1-3-19-13(16)14(15)6-5-12(11-14)20-8-4-7-18-10-9-17-2/h12H,3-11,15H2,1-2H3. The number of rotatable bonds is 10. The number of esters is 1. The Balaban J connectivity index is 2.10. The molecule has 0 aromatic carbocycles. The second-order valence-corrected chi connectivity index (χ2v) is 5.07. The Labute approximate surface area is 120 Å². The number of carbonyl (C=O) groups is 1. The number of hydrogen-bond donors (Lipinski definition) is 1. The maximum Gasteiger partial charge on any atom is 0.326 e. The number of methoxy groups -OCH3 is 1. The van der Waals surface area contributed by atoms with Crippen LogP contribution < -0.4 is 5.73 Å². The van der Waals surface area contributed by atoms with Gasteiger partial charge in [-0.25, -0.2) is 0 Å². The minimum absolute atomic E-state index is 0.0448. The highest BCUT2D eigenvalue weighted by Gasteiger charge is 2.43. The molecule has 2 unspecified atom stereocenters. The summed E-state index contributed by atoms with van der Waals surface area (Å²) in [5, 5.41) is 0. The quantitative estimate of drug-likeness (QED) is 0.475. The van der Waals surface area contributed by atoms with Crippen LogP contribution in [-0.4, -0.2) is 57.8 Å². The highest BCUT2D eigenvalue weighted by atomic mass is 16.5. The van der Waals surface area contributed by atoms with Gasteiger partial charge in [0.2, 0.25) is 0 Å². The van der Waals surface area contributed by atoms with Gasteiger partial charge in [-0.2, -0.15) is 0 Å². The van der Waals surface area contributed by atoms with Crippen LogP contribution in [0.15, 0.2) is 0 Å². The van der Waals surface area contributed by atoms with Gasteiger partial charge in [-0.3, -0.25) is 4.79 Å². The van der Waals surface area contributed by atoms with Gasteiger partial charge in [0.25, 0.3) is 0 Å². The maximum atomic E-state index is 11.8. The zero-order chi connectivity index (χ0) is 14.8. The molecule has 1 rings (SSSR count). The molecule has 0 bridgehead atoms. The van der Waals surface area contributed by atoms with Crippen LogP contribution in [0.3, 0.4) is 0 Å². The molecule has 0 radical (unpaired) electrons. The van der Waals surface area contributed by atoms with Crippen molar-refractivity contribution in [3.8, 4) is 0 Å². The van der Waals surface area contributed by atoms with E-state index in [1.165, 1.54) is 0 Å². The van der Waals surface area contributed by atoms with Crippen molar-refractivity contribution in [2.45, 2.75) is 44.2 Å². The molecule has 0 saturated heterocycles. The molecule has 6 heteroatoms. The summed E-state index contributed by atoms with van der Waals surface area (Å²) in [6.07, 6.45) is 2.84. The number of ether oxygens (including phenoxy) is 4. The van der Waals surface area contributed by atoms with E-state index in [-0.39, 0.29) is 12.1 Å². The van der Waals surface area contributed by atoms with E-state index < -0.39 is 5.54 Å². The summed E-state index contributed by atoms with van der Waals surface area (Å²) in [5.41, 5.74) is 5.21. The molecule has 20 heavy (non-hydrogen) atoms. The fourth-order valence-electron chi connectivity index (χ4n) is 2.29. The van der Waals surface area contributed by atoms with E-state index in [0.29, 0.717) is 45.9 Å². The Morgan fingerprint density at radius 3 is 2.80 bits per heavy atom. The molecule has 1 aliphatic rings. The van der Waals surface area contributed by atoms with Gasteiger partial charge in [0, 0.05) is 26.7 Å². The predicted molar refractivity (Wildman–Crippen MR) is 74.5 cm³/mol. The van der Waals surface area contributed by atoms with Gasteiger partial charge in [-0.1, -0.05) is 0 Å². The molecular formula is C14H27NO5. The van der Waals surface area contributed by atoms with Crippen molar-refractivity contribution in [1.82, 2.24) is 0 Å². The van der Waals surface area contributed by atoms with Crippen molar-refractivity contribution in [2.75, 3.05) is 40.1 Å². The van der Waals surface area contributed by atoms with Crippen LogP contribution in [0.1, 0.15) is 32.6 Å². The Morgan fingerprint density at radius 1 is 1.30 bits per heavy atom. The van der Waals surface area contributed by atoms with Crippen molar-refractivity contribution in [2.24, 2.45) is 5.73 Å². The predicted octanol–water partition coefficient (Wildman–Crippen LogP) is 0.869. The minimum atomic E-state index is -0.865. The summed E-state index contributed by atoms with van der Waals surface area (Å²) >= 11 is 0. The highest BCUT2D eigenvalue weighted by Crippen LogP contribution is 2.31. The van der Waals surface area contributed by atoms with Crippen LogP contribution in [0.5, 0.6) is 0 Å². The van der Waals surface area contributed by atoms with Gasteiger partial charge in [-0.05, 0) is 26.2 Å². The van der Waals surface area contributed by atoms with Crippen LogP contribution in [0.2, 0.25) is 0 Å². The largest absolute Gasteiger partial charge is 0.465 e. The molecule has 1 saturated carbocycles. The van der Waals surface area contributed by atoms with Crippen molar-refractivity contribution in [3.05, 3.63) is 0 Å². The molecule has 118 valence electrons. The molecule has 6 nitrogen and oxygen atoms in total. The van der Waals surface area contributed by atoms with E-state index in [2.05, 4.69) is 0 Å². The highest BCUT2D eigenvalue weighted by molar-refractivity contribution is 5.81. The third kappa shape index (κ3) is 5.75. The topological polar surface area (TPSA) is 80.0 Å². The molecule has 0 aliphatic heterocycles. The number of nitrogens with two attached hydrogens (primary N) is 1. The number of carbonyl (C=O) groups excluding carboxylic acids is 1. The van der Waals surface area contributed by atoms with Crippen molar-refractivity contribution < 1.29 is 23.7 Å². The summed E-state index contributed by atoms with van der Waals surface area (Å²) in [6, 6.07) is 0. The lowest BCUT2D eigenvalue weighted by Crippen LogP contribution is -2.47. The van der Waals surface area contributed by atoms with E-state index in [1.54, 1.807) is 14.0 Å². The van der Waals surface area contributed by atoms with Gasteiger partial charge in [0.1, 0.15) is 5.54 Å². The average molecular weight is 289 g/mol. The van der Waals surface area contributed by atoms with E-state index >= 15 is 0 Å². The van der Waals surface area contributed by atoms with Crippen LogP contribution >= 0.6 is 0 Å². The van der Waals surface area contributed by atoms with Gasteiger partial charge >= 0.3 is 5.97 Å². The van der Waals surface area contributed by atoms with Crippen LogP contribution in [0.25, 0.3) is 0 Å². The van der Waals surface area contributed by atoms with E-state index in [0.717, 1.165) is 12.8 Å². The fraction of sp³-hybridized carbons (Fsp3) is 0.929. The molecular weight excluding hydrogens is 262 g/mol. The zero-order valence-corrected chi connectivity index (χ0v) is 12.6. The molecule has 1 aliphatic carbocycles. The second-order valence-electron chi connectivity index (χ2n) is 5.07. The van der Waals surface area contributed by atoms with Gasteiger partial charge in [0.15, 0.2) is 0 Å². The van der Waals surface area contributed by atoms with Gasteiger partial charge in [-0.15, -0.1) is 0 Å². The summed E-state index contributed by atoms with van der Waals surface area (Å²) in [4.78, 5) is 11.8. The summed E-state index contributed by atoms with van der Waals surface area (Å²) in [7, 11) is 1.65. The summed E-state index contributed by atoms with van der Waals surface area (Å²) in [6.45, 7) is 4.64. The second kappa shape index (κ2) is 9.28. The minimum Gasteiger partial charge on any atom is -0.465 e. The van der Waals surface area contributed by atoms with Crippen LogP contribution in [-0.2, 0) is 23.7 Å². The maximum absolute atomic E-state index is 11.8. The molecule has 0 amide bonds. The molecule has 0 heterocycles. The first-order valence-electron chi connectivity index (χ1n) is 7.26. The smallest absolute Gasteiger partial charge is 0.326 e. The summed E-state index contributed by atoms with van der Waals surface area (Å²) < 4.78 is 21.0. The SMILES string of the molecule is CCOC(=O)C1(N)CCC(OCCCOCCOC)C1. The van der Waals surface area contributed by atoms with Gasteiger partial charge in [0.05, 0.1) is 25.9 Å². The Bertz CT molecular complexity index is 287. The molecule has 0 aromatic rings. The lowest BCUT2D eigenvalue weighted by atomic mass is 9.99. The van der Waals surface area contributed by atoms with E-state index in [1.807, 2.05) is 0 Å². The Morgan fingerprint density at radius 2 is 2.10 bits per heavy atom. The molecule has 1 fully saturated rings. The Hall–Kier alpha value is -0.690. The summed E-state index contributed by atoms with van der Waals surface area (Å²) in [5.74, 6) is -0.311. The molecule has 0 aromatic heterocycles. The lowest BCUT2D eigenvalue weighted by Gasteiger charge is -2.21. The third-order valence-electron chi connectivity index (χ3n) is 3.40. The zero-order valence-electron chi connectivity index (χ0n) is 12.6. The van der Waals surface area contributed by atoms with E-state index in [9.17, 15) is 4.79 Å². The Kier molecular flexibility index (Phi) is 8.06. The van der Waals surface area contributed by atoms with Gasteiger partial charge < -0.3 is 24.7 Å². The molecule has 2 N–H and O–H groups in total. The van der Waals surface area contributed by atoms with Crippen LogP contribution in [0.4, 0.5) is 0 Å². The van der Waals surface area contributed by atoms with Crippen LogP contribution in [0, 0.1) is 0 Å². The van der Waals surface area contributed by atoms with Crippen molar-refractivity contribution >= 4 is 5.97 Å². The first-order chi connectivity index (χ1) is 9.62. The third-order valence-corrected chi connectivity index (χ3v) is 3.40. The van der Waals surface area contributed by atoms with Crippen molar-refractivity contribution in [1.29, 1.82) is 0 Å². The average Bonchev–Trinajstić information content (AvgIpc) is 2.81. The number of hydrogen-bond acceptors (Lipinski definition) is 6. The fourth-order valence-corrected chi connectivity index (χ4v) is 2.29. The first kappa shape index (κ1) is 17.4.